The Morgan fingerprint density at radius 3 is 2.37 bits per heavy atom. The lowest BCUT2D eigenvalue weighted by atomic mass is 10.1. The van der Waals surface area contributed by atoms with Crippen LogP contribution in [0.3, 0.4) is 0 Å². The number of carbonyl (C=O) groups excluding carboxylic acids is 2. The number of nitrogens with zero attached hydrogens (tertiary/aromatic N) is 2. The van der Waals surface area contributed by atoms with Gasteiger partial charge in [-0.25, -0.2) is 4.79 Å². The Morgan fingerprint density at radius 2 is 1.73 bits per heavy atom. The van der Waals surface area contributed by atoms with E-state index in [4.69, 9.17) is 14.2 Å². The molecule has 0 N–H and O–H groups in total. The second-order valence-corrected chi connectivity index (χ2v) is 6.17. The van der Waals surface area contributed by atoms with Gasteiger partial charge in [-0.05, 0) is 37.3 Å². The van der Waals surface area contributed by atoms with Gasteiger partial charge in [0.1, 0.15) is 12.9 Å². The maximum absolute atomic E-state index is 12.6. The first-order valence-corrected chi connectivity index (χ1v) is 9.38. The van der Waals surface area contributed by atoms with Crippen molar-refractivity contribution in [3.05, 3.63) is 63.7 Å². The molecule has 0 saturated carbocycles. The van der Waals surface area contributed by atoms with Crippen molar-refractivity contribution in [2.75, 3.05) is 45.0 Å². The van der Waals surface area contributed by atoms with Gasteiger partial charge in [0.15, 0.2) is 0 Å². The lowest BCUT2D eigenvalue weighted by Gasteiger charge is -2.22. The molecule has 30 heavy (non-hydrogen) atoms. The number of ether oxygens (including phenoxy) is 3. The maximum atomic E-state index is 12.6. The van der Waals surface area contributed by atoms with Crippen LogP contribution in [0.5, 0.6) is 0 Å². The summed E-state index contributed by atoms with van der Waals surface area (Å²) in [5, 5.41) is 11.2. The molecule has 0 amide bonds. The van der Waals surface area contributed by atoms with Crippen LogP contribution in [0.1, 0.15) is 27.6 Å². The number of non-ortho nitro benzene ring substituents is 1. The van der Waals surface area contributed by atoms with E-state index in [1.165, 1.54) is 18.2 Å². The number of esters is 1. The highest BCUT2D eigenvalue weighted by atomic mass is 16.6. The Morgan fingerprint density at radius 1 is 1.07 bits per heavy atom. The molecule has 9 nitrogen and oxygen atoms in total. The molecule has 0 unspecified atom stereocenters. The lowest BCUT2D eigenvalue weighted by molar-refractivity contribution is -0.384. The van der Waals surface area contributed by atoms with E-state index in [9.17, 15) is 19.7 Å². The van der Waals surface area contributed by atoms with Crippen molar-refractivity contribution in [3.63, 3.8) is 0 Å². The monoisotopic (exact) mass is 416 g/mol. The van der Waals surface area contributed by atoms with Crippen LogP contribution >= 0.6 is 0 Å². The van der Waals surface area contributed by atoms with E-state index < -0.39 is 10.9 Å². The highest BCUT2D eigenvalue weighted by Crippen LogP contribution is 2.31. The quantitative estimate of drug-likeness (QED) is 0.170. The first-order chi connectivity index (χ1) is 14.5. The first kappa shape index (κ1) is 23.0. The topological polar surface area (TPSA) is 108 Å². The van der Waals surface area contributed by atoms with E-state index in [1.807, 2.05) is 6.92 Å². The van der Waals surface area contributed by atoms with Crippen LogP contribution in [0.4, 0.5) is 17.1 Å². The zero-order valence-corrected chi connectivity index (χ0v) is 16.9. The SMILES string of the molecule is CCOCCOCCOC(=O)c1ccc([N+](=O)[O-])cc1N(C)c1ccc(C=O)cc1. The summed E-state index contributed by atoms with van der Waals surface area (Å²) in [5.74, 6) is -0.621. The van der Waals surface area contributed by atoms with Gasteiger partial charge in [0.25, 0.3) is 5.69 Å². The minimum atomic E-state index is -0.621. The number of benzene rings is 2. The molecule has 0 aliphatic carbocycles. The van der Waals surface area contributed by atoms with E-state index in [-0.39, 0.29) is 24.5 Å². The molecule has 160 valence electrons. The van der Waals surface area contributed by atoms with E-state index in [1.54, 1.807) is 36.2 Å². The molecule has 2 aromatic rings. The molecular formula is C21H24N2O7. The third-order valence-corrected chi connectivity index (χ3v) is 4.23. The summed E-state index contributed by atoms with van der Waals surface area (Å²) in [6.45, 7) is 3.60. The van der Waals surface area contributed by atoms with Crippen molar-refractivity contribution in [3.8, 4) is 0 Å². The van der Waals surface area contributed by atoms with Crippen LogP contribution in [0, 0.1) is 10.1 Å². The largest absolute Gasteiger partial charge is 0.460 e. The fraction of sp³-hybridized carbons (Fsp3) is 0.333. The van der Waals surface area contributed by atoms with E-state index in [2.05, 4.69) is 0 Å². The Bertz CT molecular complexity index is 868. The minimum Gasteiger partial charge on any atom is -0.460 e. The smallest absolute Gasteiger partial charge is 0.340 e. The summed E-state index contributed by atoms with van der Waals surface area (Å²) >= 11 is 0. The van der Waals surface area contributed by atoms with Crippen molar-refractivity contribution in [2.24, 2.45) is 0 Å². The number of nitro benzene ring substituents is 1. The number of aldehydes is 1. The van der Waals surface area contributed by atoms with E-state index in [0.717, 1.165) is 6.29 Å². The Hall–Kier alpha value is -3.30. The predicted molar refractivity (Wildman–Crippen MR) is 111 cm³/mol. The molecular weight excluding hydrogens is 392 g/mol. The highest BCUT2D eigenvalue weighted by molar-refractivity contribution is 5.97. The van der Waals surface area contributed by atoms with Gasteiger partial charge in [0.2, 0.25) is 0 Å². The summed E-state index contributed by atoms with van der Waals surface area (Å²) < 4.78 is 15.7. The summed E-state index contributed by atoms with van der Waals surface area (Å²) in [4.78, 5) is 35.7. The molecule has 0 heterocycles. The number of carbonyl (C=O) groups is 2. The normalized spacial score (nSPS) is 10.5. The third-order valence-electron chi connectivity index (χ3n) is 4.23. The predicted octanol–water partition coefficient (Wildman–Crippen LogP) is 3.39. The van der Waals surface area contributed by atoms with E-state index in [0.29, 0.717) is 36.8 Å². The number of anilines is 2. The van der Waals surface area contributed by atoms with Gasteiger partial charge in [-0.3, -0.25) is 14.9 Å². The summed E-state index contributed by atoms with van der Waals surface area (Å²) in [5.41, 5.74) is 1.48. The fourth-order valence-electron chi connectivity index (χ4n) is 2.63. The van der Waals surface area contributed by atoms with Crippen molar-refractivity contribution in [1.82, 2.24) is 0 Å². The van der Waals surface area contributed by atoms with Gasteiger partial charge in [-0.1, -0.05) is 0 Å². The molecule has 0 atom stereocenters. The van der Waals surface area contributed by atoms with Crippen molar-refractivity contribution >= 4 is 29.3 Å². The molecule has 2 rings (SSSR count). The first-order valence-electron chi connectivity index (χ1n) is 9.38. The summed E-state index contributed by atoms with van der Waals surface area (Å²) in [6.07, 6.45) is 0.719. The second-order valence-electron chi connectivity index (χ2n) is 6.17. The van der Waals surface area contributed by atoms with E-state index >= 15 is 0 Å². The molecule has 9 heteroatoms. The lowest BCUT2D eigenvalue weighted by Crippen LogP contribution is -2.18. The number of hydrogen-bond donors (Lipinski definition) is 0. The molecule has 0 saturated heterocycles. The van der Waals surface area contributed by atoms with Gasteiger partial charge < -0.3 is 19.1 Å². The van der Waals surface area contributed by atoms with Gasteiger partial charge >= 0.3 is 5.97 Å². The number of rotatable bonds is 12. The van der Waals surface area contributed by atoms with Crippen molar-refractivity contribution in [1.29, 1.82) is 0 Å². The maximum Gasteiger partial charge on any atom is 0.340 e. The van der Waals surface area contributed by atoms with Gasteiger partial charge in [-0.2, -0.15) is 0 Å². The Balaban J connectivity index is 2.15. The van der Waals surface area contributed by atoms with Gasteiger partial charge in [-0.15, -0.1) is 0 Å². The molecule has 0 aromatic heterocycles. The molecule has 0 spiro atoms. The van der Waals surface area contributed by atoms with Gasteiger partial charge in [0.05, 0.1) is 36.0 Å². The van der Waals surface area contributed by atoms with Crippen LogP contribution in [-0.2, 0) is 14.2 Å². The van der Waals surface area contributed by atoms with Crippen LogP contribution in [0.15, 0.2) is 42.5 Å². The van der Waals surface area contributed by atoms with Crippen LogP contribution in [0.25, 0.3) is 0 Å². The molecule has 0 fully saturated rings. The highest BCUT2D eigenvalue weighted by Gasteiger charge is 2.20. The molecule has 0 bridgehead atoms. The van der Waals surface area contributed by atoms with Gasteiger partial charge in [0, 0.05) is 37.0 Å². The number of hydrogen-bond acceptors (Lipinski definition) is 8. The zero-order valence-electron chi connectivity index (χ0n) is 16.9. The Labute approximate surface area is 174 Å². The minimum absolute atomic E-state index is 0.0408. The van der Waals surface area contributed by atoms with Crippen LogP contribution in [0.2, 0.25) is 0 Å². The van der Waals surface area contributed by atoms with Crippen molar-refractivity contribution < 1.29 is 28.7 Å². The third kappa shape index (κ3) is 6.36. The zero-order chi connectivity index (χ0) is 21.9. The van der Waals surface area contributed by atoms with Crippen molar-refractivity contribution in [2.45, 2.75) is 6.92 Å². The van der Waals surface area contributed by atoms with Crippen LogP contribution in [-0.4, -0.2) is 57.3 Å². The summed E-state index contributed by atoms with van der Waals surface area (Å²) in [6, 6.07) is 10.5. The van der Waals surface area contributed by atoms with Crippen LogP contribution < -0.4 is 4.90 Å². The standard InChI is InChI=1S/C21H24N2O7/c1-3-28-10-11-29-12-13-30-21(25)19-9-8-18(23(26)27)14-20(19)22(2)17-6-4-16(15-24)5-7-17/h4-9,14-15H,3,10-13H2,1-2H3. The fourth-order valence-corrected chi connectivity index (χ4v) is 2.63. The molecule has 0 aliphatic heterocycles. The second kappa shape index (κ2) is 11.6. The molecule has 2 aromatic carbocycles. The number of nitro groups is 1. The average molecular weight is 416 g/mol. The average Bonchev–Trinajstić information content (AvgIpc) is 2.77. The Kier molecular flexibility index (Phi) is 8.92. The molecule has 0 aliphatic rings. The summed E-state index contributed by atoms with van der Waals surface area (Å²) in [7, 11) is 1.67. The molecule has 0 radical (unpaired) electrons.